The number of nitrogens with one attached hydrogen (secondary N) is 1. The van der Waals surface area contributed by atoms with Crippen LogP contribution in [0.25, 0.3) is 0 Å². The predicted octanol–water partition coefficient (Wildman–Crippen LogP) is 3.25. The number of pyridine rings is 1. The zero-order chi connectivity index (χ0) is 14.9. The molecule has 0 radical (unpaired) electrons. The zero-order valence-corrected chi connectivity index (χ0v) is 13.0. The minimum atomic E-state index is 0.393. The largest absolute Gasteiger partial charge is 0.315 e. The van der Waals surface area contributed by atoms with Gasteiger partial charge in [0.25, 0.3) is 0 Å². The number of hydrogen-bond acceptors (Lipinski definition) is 3. The molecule has 0 saturated heterocycles. The molecule has 0 fully saturated rings. The van der Waals surface area contributed by atoms with Crippen molar-refractivity contribution in [1.82, 2.24) is 15.2 Å². The van der Waals surface area contributed by atoms with Crippen LogP contribution in [0.5, 0.6) is 0 Å². The van der Waals surface area contributed by atoms with E-state index in [0.717, 1.165) is 26.2 Å². The van der Waals surface area contributed by atoms with Crippen LogP contribution in [0, 0.1) is 0 Å². The number of rotatable bonds is 8. The molecular formula is C18H25N3. The van der Waals surface area contributed by atoms with Crippen molar-refractivity contribution in [1.29, 1.82) is 0 Å². The SMILES string of the molecule is CCNCC(c1ccccc1)N(CC)Cc1ccncc1. The molecule has 0 aliphatic carbocycles. The van der Waals surface area contributed by atoms with Crippen LogP contribution >= 0.6 is 0 Å². The van der Waals surface area contributed by atoms with Crippen molar-refractivity contribution in [3.63, 3.8) is 0 Å². The summed E-state index contributed by atoms with van der Waals surface area (Å²) >= 11 is 0. The first-order valence-corrected chi connectivity index (χ1v) is 7.73. The van der Waals surface area contributed by atoms with Gasteiger partial charge in [-0.25, -0.2) is 0 Å². The second-order valence-electron chi connectivity index (χ2n) is 5.15. The summed E-state index contributed by atoms with van der Waals surface area (Å²) in [5, 5.41) is 3.49. The Hall–Kier alpha value is -1.71. The first-order valence-electron chi connectivity index (χ1n) is 7.73. The molecule has 1 atom stereocenters. The van der Waals surface area contributed by atoms with E-state index >= 15 is 0 Å². The highest BCUT2D eigenvalue weighted by Crippen LogP contribution is 2.21. The van der Waals surface area contributed by atoms with Crippen LogP contribution in [-0.2, 0) is 6.54 Å². The van der Waals surface area contributed by atoms with Crippen molar-refractivity contribution >= 4 is 0 Å². The molecule has 2 rings (SSSR count). The summed E-state index contributed by atoms with van der Waals surface area (Å²) in [6.45, 7) is 8.32. The molecule has 1 N–H and O–H groups in total. The summed E-state index contributed by atoms with van der Waals surface area (Å²) in [5.41, 5.74) is 2.68. The topological polar surface area (TPSA) is 28.2 Å². The molecule has 1 aromatic carbocycles. The summed E-state index contributed by atoms with van der Waals surface area (Å²) < 4.78 is 0. The van der Waals surface area contributed by atoms with Gasteiger partial charge < -0.3 is 5.32 Å². The lowest BCUT2D eigenvalue weighted by Gasteiger charge is -2.31. The van der Waals surface area contributed by atoms with E-state index in [-0.39, 0.29) is 0 Å². The van der Waals surface area contributed by atoms with Crippen LogP contribution in [0.3, 0.4) is 0 Å². The Bertz CT molecular complexity index is 498. The highest BCUT2D eigenvalue weighted by atomic mass is 15.2. The fraction of sp³-hybridized carbons (Fsp3) is 0.389. The molecule has 1 unspecified atom stereocenters. The zero-order valence-electron chi connectivity index (χ0n) is 13.0. The van der Waals surface area contributed by atoms with Gasteiger partial charge in [0.1, 0.15) is 0 Å². The van der Waals surface area contributed by atoms with Crippen LogP contribution in [0.2, 0.25) is 0 Å². The Morgan fingerprint density at radius 3 is 2.38 bits per heavy atom. The van der Waals surface area contributed by atoms with Gasteiger partial charge in [0.2, 0.25) is 0 Å². The van der Waals surface area contributed by atoms with Gasteiger partial charge >= 0.3 is 0 Å². The molecule has 2 aromatic rings. The van der Waals surface area contributed by atoms with Crippen LogP contribution in [-0.4, -0.2) is 29.5 Å². The molecule has 0 aliphatic rings. The van der Waals surface area contributed by atoms with Gasteiger partial charge in [-0.3, -0.25) is 9.88 Å². The lowest BCUT2D eigenvalue weighted by Crippen LogP contribution is -2.35. The van der Waals surface area contributed by atoms with E-state index in [9.17, 15) is 0 Å². The number of nitrogens with zero attached hydrogens (tertiary/aromatic N) is 2. The maximum Gasteiger partial charge on any atom is 0.0476 e. The third kappa shape index (κ3) is 4.66. The summed E-state index contributed by atoms with van der Waals surface area (Å²) in [6.07, 6.45) is 3.73. The molecule has 3 heteroatoms. The maximum atomic E-state index is 4.10. The second kappa shape index (κ2) is 8.55. The average Bonchev–Trinajstić information content (AvgIpc) is 2.56. The van der Waals surface area contributed by atoms with Crippen molar-refractivity contribution in [2.75, 3.05) is 19.6 Å². The van der Waals surface area contributed by atoms with E-state index in [1.54, 1.807) is 0 Å². The Morgan fingerprint density at radius 1 is 1.05 bits per heavy atom. The molecule has 3 nitrogen and oxygen atoms in total. The van der Waals surface area contributed by atoms with Crippen LogP contribution < -0.4 is 5.32 Å². The van der Waals surface area contributed by atoms with E-state index in [2.05, 4.69) is 71.5 Å². The Labute approximate surface area is 128 Å². The molecule has 112 valence electrons. The smallest absolute Gasteiger partial charge is 0.0476 e. The molecule has 0 aliphatic heterocycles. The lowest BCUT2D eigenvalue weighted by molar-refractivity contribution is 0.194. The highest BCUT2D eigenvalue weighted by Gasteiger charge is 2.18. The van der Waals surface area contributed by atoms with Crippen LogP contribution in [0.4, 0.5) is 0 Å². The summed E-state index contributed by atoms with van der Waals surface area (Å²) in [6, 6.07) is 15.3. The highest BCUT2D eigenvalue weighted by molar-refractivity contribution is 5.20. The minimum Gasteiger partial charge on any atom is -0.315 e. The van der Waals surface area contributed by atoms with E-state index in [0.29, 0.717) is 6.04 Å². The van der Waals surface area contributed by atoms with E-state index < -0.39 is 0 Å². The van der Waals surface area contributed by atoms with Gasteiger partial charge in [-0.05, 0) is 36.3 Å². The van der Waals surface area contributed by atoms with Gasteiger partial charge in [-0.15, -0.1) is 0 Å². The van der Waals surface area contributed by atoms with Crippen molar-refractivity contribution in [3.8, 4) is 0 Å². The first-order chi connectivity index (χ1) is 10.3. The van der Waals surface area contributed by atoms with Crippen molar-refractivity contribution in [2.45, 2.75) is 26.4 Å². The Kier molecular flexibility index (Phi) is 6.38. The maximum absolute atomic E-state index is 4.10. The van der Waals surface area contributed by atoms with Gasteiger partial charge in [0.05, 0.1) is 0 Å². The molecule has 0 amide bonds. The van der Waals surface area contributed by atoms with Crippen molar-refractivity contribution in [2.24, 2.45) is 0 Å². The number of likely N-dealkylation sites (N-methyl/N-ethyl adjacent to an activating group) is 2. The van der Waals surface area contributed by atoms with E-state index in [1.165, 1.54) is 11.1 Å². The van der Waals surface area contributed by atoms with Gasteiger partial charge in [0.15, 0.2) is 0 Å². The molecular weight excluding hydrogens is 258 g/mol. The quantitative estimate of drug-likeness (QED) is 0.806. The summed E-state index contributed by atoms with van der Waals surface area (Å²) in [4.78, 5) is 6.61. The molecule has 0 spiro atoms. The number of hydrogen-bond donors (Lipinski definition) is 1. The average molecular weight is 283 g/mol. The molecule has 1 heterocycles. The standard InChI is InChI=1S/C18H25N3/c1-3-19-14-18(17-8-6-5-7-9-17)21(4-2)15-16-10-12-20-13-11-16/h5-13,18-19H,3-4,14-15H2,1-2H3. The van der Waals surface area contributed by atoms with Gasteiger partial charge in [0, 0.05) is 31.5 Å². The van der Waals surface area contributed by atoms with Crippen molar-refractivity contribution < 1.29 is 0 Å². The van der Waals surface area contributed by atoms with E-state index in [1.807, 2.05) is 12.4 Å². The Morgan fingerprint density at radius 2 is 1.76 bits per heavy atom. The molecule has 0 saturated carbocycles. The molecule has 1 aromatic heterocycles. The summed E-state index contributed by atoms with van der Waals surface area (Å²) in [7, 11) is 0. The first kappa shape index (κ1) is 15.7. The molecule has 21 heavy (non-hydrogen) atoms. The van der Waals surface area contributed by atoms with Gasteiger partial charge in [-0.1, -0.05) is 44.2 Å². The third-order valence-corrected chi connectivity index (χ3v) is 3.75. The number of aromatic nitrogens is 1. The number of benzene rings is 1. The van der Waals surface area contributed by atoms with E-state index in [4.69, 9.17) is 0 Å². The molecule has 0 bridgehead atoms. The van der Waals surface area contributed by atoms with Gasteiger partial charge in [-0.2, -0.15) is 0 Å². The fourth-order valence-electron chi connectivity index (χ4n) is 2.58. The summed E-state index contributed by atoms with van der Waals surface area (Å²) in [5.74, 6) is 0. The lowest BCUT2D eigenvalue weighted by atomic mass is 10.0. The van der Waals surface area contributed by atoms with Crippen LogP contribution in [0.15, 0.2) is 54.9 Å². The Balaban J connectivity index is 2.16. The monoisotopic (exact) mass is 283 g/mol. The van der Waals surface area contributed by atoms with Crippen LogP contribution in [0.1, 0.15) is 31.0 Å². The fourth-order valence-corrected chi connectivity index (χ4v) is 2.58. The minimum absolute atomic E-state index is 0.393. The van der Waals surface area contributed by atoms with Crippen molar-refractivity contribution in [3.05, 3.63) is 66.0 Å². The normalized spacial score (nSPS) is 12.5. The third-order valence-electron chi connectivity index (χ3n) is 3.75. The predicted molar refractivity (Wildman–Crippen MR) is 88.0 cm³/mol. The second-order valence-corrected chi connectivity index (χ2v) is 5.15.